The number of hydrogen-bond acceptors (Lipinski definition) is 3. The number of alkyl halides is 1. The van der Waals surface area contributed by atoms with Crippen molar-refractivity contribution < 1.29 is 9.53 Å². The molecule has 0 N–H and O–H groups in total. The quantitative estimate of drug-likeness (QED) is 0.441. The maximum absolute atomic E-state index is 11.4. The lowest BCUT2D eigenvalue weighted by molar-refractivity contribution is -0.143. The molecule has 0 aromatic carbocycles. The molecule has 1 aromatic rings. The molecule has 0 aliphatic rings. The van der Waals surface area contributed by atoms with Crippen molar-refractivity contribution in [1.82, 2.24) is 9.55 Å². The molecule has 2 unspecified atom stereocenters. The van der Waals surface area contributed by atoms with Gasteiger partial charge in [0.05, 0.1) is 11.2 Å². The molecule has 1 rings (SSSR count). The van der Waals surface area contributed by atoms with Crippen LogP contribution in [0.3, 0.4) is 0 Å². The number of halogens is 1. The normalized spacial score (nSPS) is 13.9. The van der Waals surface area contributed by atoms with E-state index in [2.05, 4.69) is 27.5 Å². The number of carbonyl (C=O) groups is 1. The van der Waals surface area contributed by atoms with Crippen LogP contribution in [-0.2, 0) is 16.1 Å². The molecule has 5 heteroatoms. The number of ether oxygens (including phenoxy) is 1. The van der Waals surface area contributed by atoms with E-state index >= 15 is 0 Å². The Bertz CT molecular complexity index is 390. The fraction of sp³-hybridized carbons (Fsp3) is 0.538. The minimum atomic E-state index is -0.332. The van der Waals surface area contributed by atoms with Crippen LogP contribution in [-0.4, -0.2) is 26.5 Å². The van der Waals surface area contributed by atoms with Crippen molar-refractivity contribution in [2.75, 3.05) is 0 Å². The fourth-order valence-corrected chi connectivity index (χ4v) is 1.90. The molecule has 0 amide bonds. The van der Waals surface area contributed by atoms with E-state index in [1.165, 1.54) is 0 Å². The lowest BCUT2D eigenvalue weighted by atomic mass is 10.1. The van der Waals surface area contributed by atoms with Gasteiger partial charge in [0.15, 0.2) is 0 Å². The highest BCUT2D eigenvalue weighted by molar-refractivity contribution is 9.09. The van der Waals surface area contributed by atoms with Crippen molar-refractivity contribution in [3.05, 3.63) is 30.9 Å². The Morgan fingerprint density at radius 1 is 1.61 bits per heavy atom. The highest BCUT2D eigenvalue weighted by atomic mass is 79.9. The molecule has 4 nitrogen and oxygen atoms in total. The van der Waals surface area contributed by atoms with Crippen LogP contribution in [0.4, 0.5) is 0 Å². The number of aromatic nitrogens is 2. The number of hydrogen-bond donors (Lipinski definition) is 0. The summed E-state index contributed by atoms with van der Waals surface area (Å²) in [5, 5.41) is 0. The van der Waals surface area contributed by atoms with Crippen LogP contribution in [0.5, 0.6) is 0 Å². The second-order valence-electron chi connectivity index (χ2n) is 4.35. The standard InChI is InChI=1S/C13H19BrN2O2/c1-10(2)13(17)18-11(3)12(14)5-4-7-16-8-6-15-9-16/h6,8-9,11-12H,1,4-5,7H2,2-3H3. The van der Waals surface area contributed by atoms with E-state index in [0.29, 0.717) is 5.57 Å². The first-order valence-electron chi connectivity index (χ1n) is 5.97. The zero-order valence-electron chi connectivity index (χ0n) is 10.8. The van der Waals surface area contributed by atoms with Gasteiger partial charge in [-0.2, -0.15) is 0 Å². The Balaban J connectivity index is 2.25. The summed E-state index contributed by atoms with van der Waals surface area (Å²) in [6.07, 6.45) is 7.28. The Hall–Kier alpha value is -1.10. The third kappa shape index (κ3) is 5.04. The summed E-state index contributed by atoms with van der Waals surface area (Å²) in [5.74, 6) is -0.332. The van der Waals surface area contributed by atoms with Gasteiger partial charge in [-0.1, -0.05) is 22.5 Å². The van der Waals surface area contributed by atoms with Crippen molar-refractivity contribution in [3.8, 4) is 0 Å². The summed E-state index contributed by atoms with van der Waals surface area (Å²) in [5.41, 5.74) is 0.431. The largest absolute Gasteiger partial charge is 0.458 e. The molecule has 18 heavy (non-hydrogen) atoms. The molecule has 0 fully saturated rings. The summed E-state index contributed by atoms with van der Waals surface area (Å²) < 4.78 is 7.29. The minimum Gasteiger partial charge on any atom is -0.458 e. The van der Waals surface area contributed by atoms with Crippen LogP contribution in [0.15, 0.2) is 30.9 Å². The van der Waals surface area contributed by atoms with Gasteiger partial charge in [0, 0.05) is 24.5 Å². The molecule has 1 aromatic heterocycles. The van der Waals surface area contributed by atoms with Gasteiger partial charge in [-0.3, -0.25) is 0 Å². The maximum atomic E-state index is 11.4. The fourth-order valence-electron chi connectivity index (χ4n) is 1.47. The van der Waals surface area contributed by atoms with E-state index < -0.39 is 0 Å². The predicted molar refractivity (Wildman–Crippen MR) is 74.5 cm³/mol. The van der Waals surface area contributed by atoms with Crippen molar-refractivity contribution in [1.29, 1.82) is 0 Å². The first-order valence-corrected chi connectivity index (χ1v) is 6.88. The molecule has 0 bridgehead atoms. The predicted octanol–water partition coefficient (Wildman–Crippen LogP) is 2.93. The molecule has 2 atom stereocenters. The SMILES string of the molecule is C=C(C)C(=O)OC(C)C(Br)CCCn1ccnc1. The highest BCUT2D eigenvalue weighted by Gasteiger charge is 2.18. The molecule has 0 aliphatic heterocycles. The summed E-state index contributed by atoms with van der Waals surface area (Å²) in [4.78, 5) is 15.5. The monoisotopic (exact) mass is 314 g/mol. The number of aryl methyl sites for hydroxylation is 1. The van der Waals surface area contributed by atoms with Crippen molar-refractivity contribution in [2.24, 2.45) is 0 Å². The van der Waals surface area contributed by atoms with E-state index in [0.717, 1.165) is 19.4 Å². The van der Waals surface area contributed by atoms with Gasteiger partial charge >= 0.3 is 5.97 Å². The van der Waals surface area contributed by atoms with Gasteiger partial charge in [0.1, 0.15) is 6.10 Å². The molecule has 1 heterocycles. The Morgan fingerprint density at radius 2 is 2.33 bits per heavy atom. The summed E-state index contributed by atoms with van der Waals surface area (Å²) in [6.45, 7) is 8.02. The second-order valence-corrected chi connectivity index (χ2v) is 5.53. The number of carbonyl (C=O) groups excluding carboxylic acids is 1. The van der Waals surface area contributed by atoms with Crippen LogP contribution >= 0.6 is 15.9 Å². The van der Waals surface area contributed by atoms with Crippen LogP contribution in [0.25, 0.3) is 0 Å². The molecule has 0 radical (unpaired) electrons. The van der Waals surface area contributed by atoms with Gasteiger partial charge in [-0.25, -0.2) is 9.78 Å². The first kappa shape index (κ1) is 15.0. The molecule has 0 spiro atoms. The van der Waals surface area contributed by atoms with Crippen molar-refractivity contribution in [3.63, 3.8) is 0 Å². The second kappa shape index (κ2) is 7.36. The van der Waals surface area contributed by atoms with E-state index in [1.807, 2.05) is 17.7 Å². The van der Waals surface area contributed by atoms with Crippen LogP contribution in [0.2, 0.25) is 0 Å². The number of nitrogens with zero attached hydrogens (tertiary/aromatic N) is 2. The Morgan fingerprint density at radius 3 is 2.89 bits per heavy atom. The van der Waals surface area contributed by atoms with Gasteiger partial charge in [-0.15, -0.1) is 0 Å². The average Bonchev–Trinajstić information content (AvgIpc) is 2.81. The zero-order valence-corrected chi connectivity index (χ0v) is 12.4. The van der Waals surface area contributed by atoms with Gasteiger partial charge < -0.3 is 9.30 Å². The third-order valence-electron chi connectivity index (χ3n) is 2.61. The van der Waals surface area contributed by atoms with Crippen LogP contribution in [0, 0.1) is 0 Å². The Labute approximate surface area is 116 Å². The molecular weight excluding hydrogens is 296 g/mol. The molecule has 0 saturated heterocycles. The van der Waals surface area contributed by atoms with Gasteiger partial charge in [-0.05, 0) is 26.7 Å². The van der Waals surface area contributed by atoms with Gasteiger partial charge in [0.25, 0.3) is 0 Å². The van der Waals surface area contributed by atoms with Crippen LogP contribution in [0.1, 0.15) is 26.7 Å². The topological polar surface area (TPSA) is 44.1 Å². The van der Waals surface area contributed by atoms with Crippen LogP contribution < -0.4 is 0 Å². The molecule has 100 valence electrons. The van der Waals surface area contributed by atoms with E-state index in [9.17, 15) is 4.79 Å². The lowest BCUT2D eigenvalue weighted by Crippen LogP contribution is -2.24. The summed E-state index contributed by atoms with van der Waals surface area (Å²) in [6, 6.07) is 0. The number of imidazole rings is 1. The Kier molecular flexibility index (Phi) is 6.12. The number of rotatable bonds is 7. The molecule has 0 aliphatic carbocycles. The molecular formula is C13H19BrN2O2. The van der Waals surface area contributed by atoms with E-state index in [-0.39, 0.29) is 16.9 Å². The average molecular weight is 315 g/mol. The summed E-state index contributed by atoms with van der Waals surface area (Å²) >= 11 is 3.55. The van der Waals surface area contributed by atoms with E-state index in [4.69, 9.17) is 4.74 Å². The number of esters is 1. The van der Waals surface area contributed by atoms with Crippen molar-refractivity contribution >= 4 is 21.9 Å². The zero-order chi connectivity index (χ0) is 13.5. The van der Waals surface area contributed by atoms with Crippen molar-refractivity contribution in [2.45, 2.75) is 44.2 Å². The lowest BCUT2D eigenvalue weighted by Gasteiger charge is -2.19. The maximum Gasteiger partial charge on any atom is 0.333 e. The first-order chi connectivity index (χ1) is 8.50. The highest BCUT2D eigenvalue weighted by Crippen LogP contribution is 2.17. The third-order valence-corrected chi connectivity index (χ3v) is 3.81. The van der Waals surface area contributed by atoms with E-state index in [1.54, 1.807) is 19.4 Å². The summed E-state index contributed by atoms with van der Waals surface area (Å²) in [7, 11) is 0. The molecule has 0 saturated carbocycles. The van der Waals surface area contributed by atoms with Gasteiger partial charge in [0.2, 0.25) is 0 Å². The smallest absolute Gasteiger partial charge is 0.333 e. The minimum absolute atomic E-state index is 0.156.